The average Bonchev–Trinajstić information content (AvgIpc) is 3.41. The van der Waals surface area contributed by atoms with Crippen LogP contribution in [0.5, 0.6) is 0 Å². The third kappa shape index (κ3) is 3.95. The summed E-state index contributed by atoms with van der Waals surface area (Å²) >= 11 is 1.55. The minimum atomic E-state index is 0.113. The van der Waals surface area contributed by atoms with Gasteiger partial charge in [-0.05, 0) is 43.4 Å². The van der Waals surface area contributed by atoms with E-state index in [4.69, 9.17) is 4.52 Å². The van der Waals surface area contributed by atoms with Crippen LogP contribution in [0.25, 0.3) is 11.3 Å². The molecule has 3 atom stereocenters. The van der Waals surface area contributed by atoms with Gasteiger partial charge < -0.3 is 9.84 Å². The first kappa shape index (κ1) is 18.4. The molecule has 2 fully saturated rings. The summed E-state index contributed by atoms with van der Waals surface area (Å²) < 4.78 is 5.55. The number of carbonyl (C=O) groups excluding carboxylic acids is 1. The molecule has 0 unspecified atom stereocenters. The van der Waals surface area contributed by atoms with Gasteiger partial charge in [-0.25, -0.2) is 4.98 Å². The van der Waals surface area contributed by atoms with Crippen LogP contribution in [0, 0.1) is 17.8 Å². The van der Waals surface area contributed by atoms with Crippen molar-refractivity contribution in [3.05, 3.63) is 52.9 Å². The van der Waals surface area contributed by atoms with E-state index in [0.29, 0.717) is 18.4 Å². The Balaban J connectivity index is 1.16. The summed E-state index contributed by atoms with van der Waals surface area (Å²) in [6, 6.07) is 5.86. The molecule has 8 heteroatoms. The fourth-order valence-electron chi connectivity index (χ4n) is 4.49. The van der Waals surface area contributed by atoms with E-state index in [2.05, 4.69) is 25.3 Å². The molecule has 0 radical (unpaired) electrons. The molecule has 0 bridgehead atoms. The van der Waals surface area contributed by atoms with Gasteiger partial charge in [0.25, 0.3) is 0 Å². The van der Waals surface area contributed by atoms with Gasteiger partial charge in [0.15, 0.2) is 5.76 Å². The van der Waals surface area contributed by atoms with Crippen LogP contribution >= 0.6 is 11.3 Å². The molecular formula is C21H23N5O2S. The minimum absolute atomic E-state index is 0.113. The second kappa shape index (κ2) is 8.04. The SMILES string of the molecule is O=C(NCc1cscn1)[C@@H]1C[C@H]2CCN(Cc3cc(-c4cccnc4)no3)C[C@H]21. The molecular weight excluding hydrogens is 386 g/mol. The van der Waals surface area contributed by atoms with E-state index in [0.717, 1.165) is 55.2 Å². The van der Waals surface area contributed by atoms with Crippen molar-refractivity contribution in [1.82, 2.24) is 25.3 Å². The number of nitrogens with one attached hydrogen (secondary N) is 1. The highest BCUT2D eigenvalue weighted by molar-refractivity contribution is 7.07. The van der Waals surface area contributed by atoms with E-state index < -0.39 is 0 Å². The summed E-state index contributed by atoms with van der Waals surface area (Å²) in [7, 11) is 0. The molecule has 1 amide bonds. The molecule has 0 aromatic carbocycles. The molecule has 1 saturated heterocycles. The van der Waals surface area contributed by atoms with Gasteiger partial charge in [-0.1, -0.05) is 5.16 Å². The number of nitrogens with zero attached hydrogens (tertiary/aromatic N) is 4. The number of amides is 1. The summed E-state index contributed by atoms with van der Waals surface area (Å²) in [6.45, 7) is 3.22. The number of aromatic nitrogens is 3. The fourth-order valence-corrected chi connectivity index (χ4v) is 5.05. The molecule has 2 aliphatic rings. The number of thiazole rings is 1. The van der Waals surface area contributed by atoms with Crippen LogP contribution in [-0.2, 0) is 17.9 Å². The molecule has 0 spiro atoms. The van der Waals surface area contributed by atoms with E-state index in [1.54, 1.807) is 29.2 Å². The number of fused-ring (bicyclic) bond motifs is 1. The van der Waals surface area contributed by atoms with Gasteiger partial charge in [0.1, 0.15) is 5.69 Å². The first-order valence-corrected chi connectivity index (χ1v) is 10.9. The van der Waals surface area contributed by atoms with Crippen molar-refractivity contribution in [3.63, 3.8) is 0 Å². The lowest BCUT2D eigenvalue weighted by Crippen LogP contribution is -2.54. The van der Waals surface area contributed by atoms with Crippen molar-refractivity contribution >= 4 is 17.2 Å². The largest absolute Gasteiger partial charge is 0.359 e. The Morgan fingerprint density at radius 3 is 3.21 bits per heavy atom. The standard InChI is InChI=1S/C21H23N5O2S/c27-21(23-9-16-12-29-13-24-16)18-6-14-3-5-26(11-19(14)18)10-17-7-20(25-28-17)15-2-1-4-22-8-15/h1-2,4,7-8,12-14,18-19H,3,5-6,9-11H2,(H,23,27)/t14-,18-,19-/m1/s1. The van der Waals surface area contributed by atoms with Crippen LogP contribution in [0.4, 0.5) is 0 Å². The van der Waals surface area contributed by atoms with Gasteiger partial charge >= 0.3 is 0 Å². The van der Waals surface area contributed by atoms with Gasteiger partial charge in [0.05, 0.1) is 24.3 Å². The van der Waals surface area contributed by atoms with Crippen LogP contribution in [0.3, 0.4) is 0 Å². The van der Waals surface area contributed by atoms with Crippen molar-refractivity contribution in [3.8, 4) is 11.3 Å². The van der Waals surface area contributed by atoms with E-state index in [1.165, 1.54) is 0 Å². The van der Waals surface area contributed by atoms with Gasteiger partial charge in [-0.3, -0.25) is 14.7 Å². The smallest absolute Gasteiger partial charge is 0.223 e. The lowest BCUT2D eigenvalue weighted by Gasteiger charge is -2.50. The summed E-state index contributed by atoms with van der Waals surface area (Å²) in [5.41, 5.74) is 4.49. The molecule has 7 nitrogen and oxygen atoms in total. The van der Waals surface area contributed by atoms with Crippen molar-refractivity contribution in [1.29, 1.82) is 0 Å². The van der Waals surface area contributed by atoms with Crippen LogP contribution in [0.2, 0.25) is 0 Å². The van der Waals surface area contributed by atoms with Crippen molar-refractivity contribution in [2.45, 2.75) is 25.9 Å². The Kier molecular flexibility index (Phi) is 5.12. The van der Waals surface area contributed by atoms with Gasteiger partial charge in [0, 0.05) is 41.9 Å². The zero-order valence-corrected chi connectivity index (χ0v) is 16.8. The Morgan fingerprint density at radius 1 is 1.41 bits per heavy atom. The number of carbonyl (C=O) groups is 1. The van der Waals surface area contributed by atoms with Crippen molar-refractivity contribution in [2.24, 2.45) is 17.8 Å². The predicted octanol–water partition coefficient (Wildman–Crippen LogP) is 2.97. The Morgan fingerprint density at radius 2 is 2.38 bits per heavy atom. The topological polar surface area (TPSA) is 84.2 Å². The molecule has 29 heavy (non-hydrogen) atoms. The lowest BCUT2D eigenvalue weighted by atomic mass is 9.61. The monoisotopic (exact) mass is 409 g/mol. The molecule has 1 saturated carbocycles. The number of hydrogen-bond acceptors (Lipinski definition) is 7. The number of hydrogen-bond donors (Lipinski definition) is 1. The van der Waals surface area contributed by atoms with Gasteiger partial charge in [0.2, 0.25) is 5.91 Å². The van der Waals surface area contributed by atoms with Gasteiger partial charge in [-0.2, -0.15) is 0 Å². The van der Waals surface area contributed by atoms with E-state index in [-0.39, 0.29) is 11.8 Å². The zero-order chi connectivity index (χ0) is 19.6. The maximum absolute atomic E-state index is 12.6. The maximum atomic E-state index is 12.6. The molecule has 1 aliphatic carbocycles. The predicted molar refractivity (Wildman–Crippen MR) is 109 cm³/mol. The first-order valence-electron chi connectivity index (χ1n) is 9.99. The molecule has 3 aromatic rings. The normalized spacial score (nSPS) is 23.9. The Hall–Kier alpha value is -2.58. The fraction of sp³-hybridized carbons (Fsp3) is 0.429. The number of likely N-dealkylation sites (tertiary alicyclic amines) is 1. The average molecular weight is 410 g/mol. The van der Waals surface area contributed by atoms with E-state index in [9.17, 15) is 4.79 Å². The third-order valence-corrected chi connectivity index (χ3v) is 6.76. The summed E-state index contributed by atoms with van der Waals surface area (Å²) in [5, 5.41) is 9.21. The van der Waals surface area contributed by atoms with Crippen LogP contribution < -0.4 is 5.32 Å². The number of pyridine rings is 1. The summed E-state index contributed by atoms with van der Waals surface area (Å²) in [4.78, 5) is 23.4. The summed E-state index contributed by atoms with van der Waals surface area (Å²) in [5.74, 6) is 2.23. The Labute approximate surface area is 173 Å². The number of piperidine rings is 1. The summed E-state index contributed by atoms with van der Waals surface area (Å²) in [6.07, 6.45) is 5.69. The van der Waals surface area contributed by atoms with E-state index >= 15 is 0 Å². The first-order chi connectivity index (χ1) is 14.3. The van der Waals surface area contributed by atoms with Crippen LogP contribution in [0.15, 0.2) is 46.0 Å². The van der Waals surface area contributed by atoms with E-state index in [1.807, 2.05) is 23.6 Å². The highest BCUT2D eigenvalue weighted by Gasteiger charge is 2.47. The highest BCUT2D eigenvalue weighted by atomic mass is 32.1. The molecule has 1 N–H and O–H groups in total. The second-order valence-corrected chi connectivity index (χ2v) is 8.63. The minimum Gasteiger partial charge on any atom is -0.359 e. The van der Waals surface area contributed by atoms with Crippen LogP contribution in [0.1, 0.15) is 24.3 Å². The van der Waals surface area contributed by atoms with Crippen LogP contribution in [-0.4, -0.2) is 39.0 Å². The molecule has 5 rings (SSSR count). The quantitative estimate of drug-likeness (QED) is 0.674. The molecule has 4 heterocycles. The number of rotatable bonds is 6. The van der Waals surface area contributed by atoms with Crippen molar-refractivity contribution < 1.29 is 9.32 Å². The second-order valence-electron chi connectivity index (χ2n) is 7.91. The third-order valence-electron chi connectivity index (χ3n) is 6.12. The maximum Gasteiger partial charge on any atom is 0.223 e. The molecule has 150 valence electrons. The molecule has 1 aliphatic heterocycles. The van der Waals surface area contributed by atoms with Crippen molar-refractivity contribution in [2.75, 3.05) is 13.1 Å². The highest BCUT2D eigenvalue weighted by Crippen LogP contribution is 2.46. The van der Waals surface area contributed by atoms with Gasteiger partial charge in [-0.15, -0.1) is 11.3 Å². The Bertz CT molecular complexity index is 959. The zero-order valence-electron chi connectivity index (χ0n) is 16.0. The lowest BCUT2D eigenvalue weighted by molar-refractivity contribution is -0.137. The molecule has 3 aromatic heterocycles.